The molecule has 2 rings (SSSR count). The smallest absolute Gasteiger partial charge is 0.0703 e. The SMILES string of the molecule is CCC(CC)n1ccc(CC(C)(O)C2CC2)n1. The third kappa shape index (κ3) is 2.89. The molecule has 17 heavy (non-hydrogen) atoms. The molecule has 0 bridgehead atoms. The molecule has 1 unspecified atom stereocenters. The fraction of sp³-hybridized carbons (Fsp3) is 0.786. The molecule has 1 heterocycles. The molecule has 1 saturated carbocycles. The van der Waals surface area contributed by atoms with Crippen molar-refractivity contribution in [1.82, 2.24) is 9.78 Å². The molecule has 0 aromatic carbocycles. The number of hydrogen-bond acceptors (Lipinski definition) is 2. The summed E-state index contributed by atoms with van der Waals surface area (Å²) in [6, 6.07) is 2.55. The van der Waals surface area contributed by atoms with Gasteiger partial charge in [-0.3, -0.25) is 4.68 Å². The van der Waals surface area contributed by atoms with Crippen LogP contribution < -0.4 is 0 Å². The van der Waals surface area contributed by atoms with E-state index in [9.17, 15) is 5.11 Å². The molecular formula is C14H24N2O. The van der Waals surface area contributed by atoms with E-state index in [-0.39, 0.29) is 0 Å². The second-order valence-electron chi connectivity index (χ2n) is 5.57. The van der Waals surface area contributed by atoms with Gasteiger partial charge in [-0.25, -0.2) is 0 Å². The molecule has 1 N–H and O–H groups in total. The highest BCUT2D eigenvalue weighted by atomic mass is 16.3. The molecule has 1 fully saturated rings. The van der Waals surface area contributed by atoms with E-state index in [2.05, 4.69) is 35.9 Å². The standard InChI is InChI=1S/C14H24N2O/c1-4-13(5-2)16-9-8-12(15-16)10-14(3,17)11-6-7-11/h8-9,11,13,17H,4-7,10H2,1-3H3. The third-order valence-corrected chi connectivity index (χ3v) is 3.98. The first kappa shape index (κ1) is 12.6. The van der Waals surface area contributed by atoms with E-state index in [0.717, 1.165) is 18.5 Å². The van der Waals surface area contributed by atoms with Crippen molar-refractivity contribution in [3.8, 4) is 0 Å². The summed E-state index contributed by atoms with van der Waals surface area (Å²) in [5.74, 6) is 0.487. The first-order valence-electron chi connectivity index (χ1n) is 6.83. The van der Waals surface area contributed by atoms with E-state index >= 15 is 0 Å². The molecule has 1 atom stereocenters. The minimum Gasteiger partial charge on any atom is -0.389 e. The van der Waals surface area contributed by atoms with Gasteiger partial charge in [0.05, 0.1) is 17.3 Å². The highest BCUT2D eigenvalue weighted by molar-refractivity contribution is 5.07. The van der Waals surface area contributed by atoms with Gasteiger partial charge >= 0.3 is 0 Å². The molecule has 1 aliphatic rings. The minimum absolute atomic E-state index is 0.487. The lowest BCUT2D eigenvalue weighted by Gasteiger charge is -2.21. The van der Waals surface area contributed by atoms with Crippen LogP contribution in [0, 0.1) is 5.92 Å². The van der Waals surface area contributed by atoms with Gasteiger partial charge in [0.25, 0.3) is 0 Å². The van der Waals surface area contributed by atoms with Crippen molar-refractivity contribution in [3.63, 3.8) is 0 Å². The summed E-state index contributed by atoms with van der Waals surface area (Å²) in [4.78, 5) is 0. The zero-order valence-electron chi connectivity index (χ0n) is 11.2. The zero-order valence-corrected chi connectivity index (χ0v) is 11.2. The Morgan fingerprint density at radius 1 is 1.47 bits per heavy atom. The molecular weight excluding hydrogens is 212 g/mol. The Kier molecular flexibility index (Phi) is 3.57. The second-order valence-corrected chi connectivity index (χ2v) is 5.57. The van der Waals surface area contributed by atoms with Crippen LogP contribution in [0.25, 0.3) is 0 Å². The van der Waals surface area contributed by atoms with Crippen LogP contribution >= 0.6 is 0 Å². The van der Waals surface area contributed by atoms with Crippen molar-refractivity contribution < 1.29 is 5.11 Å². The van der Waals surface area contributed by atoms with Gasteiger partial charge in [0, 0.05) is 12.6 Å². The molecule has 0 aliphatic heterocycles. The predicted octanol–water partition coefficient (Wildman–Crippen LogP) is 2.95. The van der Waals surface area contributed by atoms with Gasteiger partial charge < -0.3 is 5.11 Å². The van der Waals surface area contributed by atoms with E-state index in [4.69, 9.17) is 0 Å². The van der Waals surface area contributed by atoms with E-state index in [0.29, 0.717) is 18.4 Å². The number of nitrogens with zero attached hydrogens (tertiary/aromatic N) is 2. The van der Waals surface area contributed by atoms with Gasteiger partial charge in [-0.15, -0.1) is 0 Å². The van der Waals surface area contributed by atoms with E-state index in [1.165, 1.54) is 12.8 Å². The molecule has 3 nitrogen and oxygen atoms in total. The Hall–Kier alpha value is -0.830. The van der Waals surface area contributed by atoms with Crippen LogP contribution in [-0.4, -0.2) is 20.5 Å². The number of aliphatic hydroxyl groups is 1. The third-order valence-electron chi connectivity index (χ3n) is 3.98. The van der Waals surface area contributed by atoms with Crippen molar-refractivity contribution in [3.05, 3.63) is 18.0 Å². The van der Waals surface area contributed by atoms with Gasteiger partial charge in [0.15, 0.2) is 0 Å². The number of hydrogen-bond donors (Lipinski definition) is 1. The van der Waals surface area contributed by atoms with Gasteiger partial charge in [-0.1, -0.05) is 13.8 Å². The van der Waals surface area contributed by atoms with Crippen molar-refractivity contribution in [2.24, 2.45) is 5.92 Å². The minimum atomic E-state index is -0.562. The average Bonchev–Trinajstić information content (AvgIpc) is 3.05. The predicted molar refractivity (Wildman–Crippen MR) is 68.9 cm³/mol. The Balaban J connectivity index is 2.02. The highest BCUT2D eigenvalue weighted by Gasteiger charge is 2.40. The molecule has 1 aromatic rings. The van der Waals surface area contributed by atoms with Gasteiger partial charge in [0.1, 0.15) is 0 Å². The van der Waals surface area contributed by atoms with Crippen LogP contribution in [0.5, 0.6) is 0 Å². The van der Waals surface area contributed by atoms with E-state index < -0.39 is 5.60 Å². The zero-order chi connectivity index (χ0) is 12.5. The van der Waals surface area contributed by atoms with Crippen molar-refractivity contribution in [2.45, 2.75) is 64.5 Å². The fourth-order valence-corrected chi connectivity index (χ4v) is 2.55. The summed E-state index contributed by atoms with van der Waals surface area (Å²) in [6.45, 7) is 6.33. The first-order valence-corrected chi connectivity index (χ1v) is 6.83. The van der Waals surface area contributed by atoms with Gasteiger partial charge in [0.2, 0.25) is 0 Å². The summed E-state index contributed by atoms with van der Waals surface area (Å²) in [5, 5.41) is 14.9. The average molecular weight is 236 g/mol. The van der Waals surface area contributed by atoms with Crippen LogP contribution in [-0.2, 0) is 6.42 Å². The van der Waals surface area contributed by atoms with Crippen LogP contribution in [0.2, 0.25) is 0 Å². The van der Waals surface area contributed by atoms with E-state index in [1.54, 1.807) is 0 Å². The Bertz CT molecular complexity index is 362. The van der Waals surface area contributed by atoms with Gasteiger partial charge in [-0.2, -0.15) is 5.10 Å². The largest absolute Gasteiger partial charge is 0.389 e. The van der Waals surface area contributed by atoms with E-state index in [1.807, 2.05) is 6.92 Å². The Morgan fingerprint density at radius 3 is 2.65 bits per heavy atom. The molecule has 1 aromatic heterocycles. The lowest BCUT2D eigenvalue weighted by molar-refractivity contribution is 0.0360. The highest BCUT2D eigenvalue weighted by Crippen LogP contribution is 2.41. The lowest BCUT2D eigenvalue weighted by Crippen LogP contribution is -2.30. The number of rotatable bonds is 6. The maximum Gasteiger partial charge on any atom is 0.0703 e. The summed E-state index contributed by atoms with van der Waals surface area (Å²) >= 11 is 0. The quantitative estimate of drug-likeness (QED) is 0.824. The summed E-state index contributed by atoms with van der Waals surface area (Å²) in [6.07, 6.45) is 7.29. The van der Waals surface area contributed by atoms with Crippen LogP contribution in [0.15, 0.2) is 12.3 Å². The fourth-order valence-electron chi connectivity index (χ4n) is 2.55. The maximum atomic E-state index is 10.3. The summed E-state index contributed by atoms with van der Waals surface area (Å²) in [5.41, 5.74) is 0.460. The molecule has 3 heteroatoms. The van der Waals surface area contributed by atoms with Crippen LogP contribution in [0.1, 0.15) is 58.2 Å². The number of aromatic nitrogens is 2. The molecule has 0 spiro atoms. The molecule has 0 amide bonds. The topological polar surface area (TPSA) is 38.0 Å². The molecule has 1 aliphatic carbocycles. The monoisotopic (exact) mass is 236 g/mol. The maximum absolute atomic E-state index is 10.3. The lowest BCUT2D eigenvalue weighted by atomic mass is 9.95. The molecule has 96 valence electrons. The van der Waals surface area contributed by atoms with Crippen LogP contribution in [0.4, 0.5) is 0 Å². The molecule has 0 saturated heterocycles. The van der Waals surface area contributed by atoms with Gasteiger partial charge in [-0.05, 0) is 44.6 Å². The normalized spacial score (nSPS) is 19.6. The van der Waals surface area contributed by atoms with Crippen molar-refractivity contribution in [1.29, 1.82) is 0 Å². The second kappa shape index (κ2) is 4.81. The van der Waals surface area contributed by atoms with Crippen molar-refractivity contribution in [2.75, 3.05) is 0 Å². The van der Waals surface area contributed by atoms with Crippen LogP contribution in [0.3, 0.4) is 0 Å². The first-order chi connectivity index (χ1) is 8.06. The molecule has 0 radical (unpaired) electrons. The Labute approximate surface area is 104 Å². The van der Waals surface area contributed by atoms with Crippen molar-refractivity contribution >= 4 is 0 Å². The summed E-state index contributed by atoms with van der Waals surface area (Å²) < 4.78 is 2.05. The summed E-state index contributed by atoms with van der Waals surface area (Å²) in [7, 11) is 0. The Morgan fingerprint density at radius 2 is 2.12 bits per heavy atom.